The molecule has 0 radical (unpaired) electrons. The minimum absolute atomic E-state index is 0.733. The lowest BCUT2D eigenvalue weighted by Crippen LogP contribution is -2.58. The minimum atomic E-state index is -1.67. The van der Waals surface area contributed by atoms with Gasteiger partial charge in [0.2, 0.25) is 0 Å². The largest absolute Gasteiger partial charge is 0.494 e. The molecule has 2 saturated carbocycles. The summed E-state index contributed by atoms with van der Waals surface area (Å²) in [6.45, 7) is 13.8. The average molecular weight is 486 g/mol. The van der Waals surface area contributed by atoms with Gasteiger partial charge in [0.25, 0.3) is 0 Å². The van der Waals surface area contributed by atoms with Crippen molar-refractivity contribution in [3.8, 4) is 5.75 Å². The van der Waals surface area contributed by atoms with Gasteiger partial charge >= 0.3 is 0 Å². The molecule has 0 saturated heterocycles. The van der Waals surface area contributed by atoms with Gasteiger partial charge < -0.3 is 9.72 Å². The Labute approximate surface area is 213 Å². The second-order valence-corrected chi connectivity index (χ2v) is 16.5. The van der Waals surface area contributed by atoms with E-state index < -0.39 is 8.24 Å². The van der Waals surface area contributed by atoms with Crippen molar-refractivity contribution in [3.05, 3.63) is 30.3 Å². The maximum absolute atomic E-state index is 6.14. The Kier molecular flexibility index (Phi) is 11.5. The van der Waals surface area contributed by atoms with Crippen molar-refractivity contribution in [1.82, 2.24) is 4.98 Å². The number of rotatable bonds is 8. The lowest BCUT2D eigenvalue weighted by atomic mass is 9.92. The fourth-order valence-electron chi connectivity index (χ4n) is 7.51. The maximum atomic E-state index is 6.14. The first-order valence-electron chi connectivity index (χ1n) is 14.9. The second-order valence-electron chi connectivity index (χ2n) is 12.2. The molecule has 2 aliphatic rings. The lowest BCUT2D eigenvalue weighted by molar-refractivity contribution is 0.315. The molecule has 0 bridgehead atoms. The third-order valence-corrected chi connectivity index (χ3v) is 14.8. The van der Waals surface area contributed by atoms with Gasteiger partial charge in [-0.2, -0.15) is 0 Å². The highest BCUT2D eigenvalue weighted by molar-refractivity contribution is 6.78. The van der Waals surface area contributed by atoms with E-state index in [9.17, 15) is 0 Å². The Morgan fingerprint density at radius 1 is 0.735 bits per heavy atom. The first kappa shape index (κ1) is 27.8. The third-order valence-electron chi connectivity index (χ3n) is 9.85. The van der Waals surface area contributed by atoms with Crippen molar-refractivity contribution in [2.24, 2.45) is 23.7 Å². The standard InChI is InChI=1S/C31H55NOSi/c1-25-26(2)28(4)31(27(25)3)34(5,24-18-23-33-30-21-16-13-17-22-30)32-29-19-14-11-9-7-6-8-10-12-15-20-29/h13,16-17,21-22,25-29,31-32H,6-12,14-15,18-20,23-24H2,1-5H3/t25?,26?,27?,28?,31?,34-/m1/s1. The molecular weight excluding hydrogens is 430 g/mol. The summed E-state index contributed by atoms with van der Waals surface area (Å²) in [7, 11) is -1.67. The van der Waals surface area contributed by atoms with E-state index in [1.165, 1.54) is 83.1 Å². The van der Waals surface area contributed by atoms with Crippen LogP contribution in [0.1, 0.15) is 105 Å². The number of hydrogen-bond donors (Lipinski definition) is 1. The van der Waals surface area contributed by atoms with E-state index in [4.69, 9.17) is 4.74 Å². The van der Waals surface area contributed by atoms with E-state index in [-0.39, 0.29) is 0 Å². The van der Waals surface area contributed by atoms with Crippen LogP contribution in [0, 0.1) is 23.7 Å². The molecule has 5 atom stereocenters. The molecular formula is C31H55NOSi. The molecule has 2 nitrogen and oxygen atoms in total. The van der Waals surface area contributed by atoms with E-state index in [1.54, 1.807) is 0 Å². The highest BCUT2D eigenvalue weighted by Gasteiger charge is 2.51. The molecule has 2 aliphatic carbocycles. The zero-order valence-corrected chi connectivity index (χ0v) is 24.2. The van der Waals surface area contributed by atoms with Crippen LogP contribution in [0.2, 0.25) is 18.1 Å². The predicted octanol–water partition coefficient (Wildman–Crippen LogP) is 9.22. The number of benzene rings is 1. The quantitative estimate of drug-likeness (QED) is 0.292. The summed E-state index contributed by atoms with van der Waals surface area (Å²) in [5, 5.41) is 0. The molecule has 0 spiro atoms. The van der Waals surface area contributed by atoms with Crippen LogP contribution in [0.25, 0.3) is 0 Å². The van der Waals surface area contributed by atoms with Crippen molar-refractivity contribution < 1.29 is 4.74 Å². The van der Waals surface area contributed by atoms with Crippen LogP contribution >= 0.6 is 0 Å². The van der Waals surface area contributed by atoms with Crippen LogP contribution in [0.5, 0.6) is 5.75 Å². The molecule has 0 amide bonds. The summed E-state index contributed by atoms with van der Waals surface area (Å²) in [6.07, 6.45) is 16.9. The smallest absolute Gasteiger partial charge is 0.126 e. The van der Waals surface area contributed by atoms with Gasteiger partial charge in [-0.25, -0.2) is 0 Å². The third kappa shape index (κ3) is 7.85. The van der Waals surface area contributed by atoms with Crippen molar-refractivity contribution >= 4 is 8.24 Å². The topological polar surface area (TPSA) is 21.3 Å². The second kappa shape index (κ2) is 14.1. The summed E-state index contributed by atoms with van der Waals surface area (Å²) in [4.78, 5) is 4.51. The highest BCUT2D eigenvalue weighted by Crippen LogP contribution is 2.54. The SMILES string of the molecule is CC1C(C)C(C)C([Si@@](C)(CCCOc2ccccc2)NC2CCCCCCCCCCC2)C1C. The van der Waals surface area contributed by atoms with Crippen molar-refractivity contribution in [3.63, 3.8) is 0 Å². The van der Waals surface area contributed by atoms with Gasteiger partial charge in [0, 0.05) is 6.04 Å². The molecule has 1 aromatic carbocycles. The van der Waals surface area contributed by atoms with E-state index in [1.807, 2.05) is 0 Å². The number of para-hydroxylation sites is 1. The van der Waals surface area contributed by atoms with Crippen LogP contribution in [-0.2, 0) is 0 Å². The maximum Gasteiger partial charge on any atom is 0.126 e. The molecule has 4 unspecified atom stereocenters. The molecule has 34 heavy (non-hydrogen) atoms. The molecule has 2 fully saturated rings. The van der Waals surface area contributed by atoms with Gasteiger partial charge in [0.1, 0.15) is 14.0 Å². The van der Waals surface area contributed by atoms with Gasteiger partial charge in [-0.05, 0) is 66.7 Å². The molecule has 1 N–H and O–H groups in total. The number of ether oxygens (including phenoxy) is 1. The van der Waals surface area contributed by atoms with Crippen molar-refractivity contribution in [2.45, 2.75) is 129 Å². The number of nitrogens with one attached hydrogen (secondary N) is 1. The molecule has 194 valence electrons. The molecule has 3 heteroatoms. The predicted molar refractivity (Wildman–Crippen MR) is 151 cm³/mol. The Bertz CT molecular complexity index is 655. The van der Waals surface area contributed by atoms with E-state index in [2.05, 4.69) is 69.6 Å². The Hall–Kier alpha value is -0.803. The van der Waals surface area contributed by atoms with Crippen LogP contribution < -0.4 is 9.72 Å². The summed E-state index contributed by atoms with van der Waals surface area (Å²) < 4.78 is 6.14. The molecule has 3 rings (SSSR count). The fourth-order valence-corrected chi connectivity index (χ4v) is 13.2. The fraction of sp³-hybridized carbons (Fsp3) is 0.806. The van der Waals surface area contributed by atoms with Crippen molar-refractivity contribution in [1.29, 1.82) is 0 Å². The van der Waals surface area contributed by atoms with Crippen LogP contribution in [0.4, 0.5) is 0 Å². The van der Waals surface area contributed by atoms with Gasteiger partial charge in [0.05, 0.1) is 6.61 Å². The monoisotopic (exact) mass is 485 g/mol. The normalized spacial score (nSPS) is 31.9. The lowest BCUT2D eigenvalue weighted by Gasteiger charge is -2.43. The van der Waals surface area contributed by atoms with Crippen LogP contribution in [0.3, 0.4) is 0 Å². The number of hydrogen-bond acceptors (Lipinski definition) is 2. The van der Waals surface area contributed by atoms with Crippen LogP contribution in [0.15, 0.2) is 30.3 Å². The summed E-state index contributed by atoms with van der Waals surface area (Å²) in [5.74, 6) is 4.35. The van der Waals surface area contributed by atoms with E-state index in [0.29, 0.717) is 0 Å². The summed E-state index contributed by atoms with van der Waals surface area (Å²) in [5.41, 5.74) is 0.871. The van der Waals surface area contributed by atoms with E-state index >= 15 is 0 Å². The zero-order valence-electron chi connectivity index (χ0n) is 23.2. The first-order chi connectivity index (χ1) is 16.4. The van der Waals surface area contributed by atoms with Gasteiger partial charge in [-0.1, -0.05) is 110 Å². The van der Waals surface area contributed by atoms with Gasteiger partial charge in [-0.15, -0.1) is 0 Å². The highest BCUT2D eigenvalue weighted by atomic mass is 28.3. The van der Waals surface area contributed by atoms with Crippen LogP contribution in [-0.4, -0.2) is 20.9 Å². The minimum Gasteiger partial charge on any atom is -0.494 e. The molecule has 0 heterocycles. The summed E-state index contributed by atoms with van der Waals surface area (Å²) in [6, 6.07) is 12.5. The summed E-state index contributed by atoms with van der Waals surface area (Å²) >= 11 is 0. The molecule has 0 aromatic heterocycles. The van der Waals surface area contributed by atoms with Gasteiger partial charge in [0.15, 0.2) is 0 Å². The van der Waals surface area contributed by atoms with Gasteiger partial charge in [-0.3, -0.25) is 0 Å². The zero-order chi connectivity index (χ0) is 24.4. The average Bonchev–Trinajstić information content (AvgIpc) is 3.02. The Morgan fingerprint density at radius 2 is 1.24 bits per heavy atom. The first-order valence-corrected chi connectivity index (χ1v) is 17.7. The molecule has 1 aromatic rings. The van der Waals surface area contributed by atoms with Crippen molar-refractivity contribution in [2.75, 3.05) is 6.61 Å². The Balaban J connectivity index is 1.68. The molecule has 0 aliphatic heterocycles. The van der Waals surface area contributed by atoms with E-state index in [0.717, 1.165) is 47.6 Å². The Morgan fingerprint density at radius 3 is 1.76 bits per heavy atom.